The van der Waals surface area contributed by atoms with Gasteiger partial charge in [0.25, 0.3) is 5.92 Å². The van der Waals surface area contributed by atoms with Crippen LogP contribution < -0.4 is 0 Å². The Labute approximate surface area is 104 Å². The fourth-order valence-corrected chi connectivity index (χ4v) is 2.43. The molecule has 0 heterocycles. The third-order valence-corrected chi connectivity index (χ3v) is 3.40. The summed E-state index contributed by atoms with van der Waals surface area (Å²) in [6.07, 6.45) is 0.685. The lowest BCUT2D eigenvalue weighted by Crippen LogP contribution is -2.54. The summed E-state index contributed by atoms with van der Waals surface area (Å²) >= 11 is 0. The second-order valence-electron chi connectivity index (χ2n) is 4.61. The number of carbonyl (C=O) groups is 1. The van der Waals surface area contributed by atoms with Gasteiger partial charge in [0, 0.05) is 12.8 Å². The van der Waals surface area contributed by atoms with Gasteiger partial charge in [0.2, 0.25) is 0 Å². The van der Waals surface area contributed by atoms with E-state index < -0.39 is 30.1 Å². The molecule has 1 aromatic rings. The zero-order chi connectivity index (χ0) is 13.4. The molecule has 0 unspecified atom stereocenters. The van der Waals surface area contributed by atoms with E-state index in [2.05, 4.69) is 11.3 Å². The van der Waals surface area contributed by atoms with Crippen molar-refractivity contribution >= 4 is 12.0 Å². The summed E-state index contributed by atoms with van der Waals surface area (Å²) in [5, 5.41) is 0. The zero-order valence-electron chi connectivity index (χ0n) is 10.1. The molecule has 1 aromatic carbocycles. The lowest BCUT2D eigenvalue weighted by Gasteiger charge is -2.45. The highest BCUT2D eigenvalue weighted by molar-refractivity contribution is 5.85. The van der Waals surface area contributed by atoms with Crippen LogP contribution in [0.3, 0.4) is 0 Å². The van der Waals surface area contributed by atoms with Crippen molar-refractivity contribution in [2.75, 3.05) is 7.11 Å². The summed E-state index contributed by atoms with van der Waals surface area (Å²) in [6.45, 7) is 3.62. The molecule has 1 saturated carbocycles. The molecule has 0 aliphatic heterocycles. The average Bonchev–Trinajstić information content (AvgIpc) is 2.34. The molecule has 0 saturated heterocycles. The van der Waals surface area contributed by atoms with Crippen LogP contribution in [-0.2, 0) is 14.9 Å². The van der Waals surface area contributed by atoms with Crippen LogP contribution in [-0.4, -0.2) is 19.0 Å². The molecule has 0 aromatic heterocycles. The van der Waals surface area contributed by atoms with E-state index in [0.29, 0.717) is 5.56 Å². The maximum absolute atomic E-state index is 13.1. The molecule has 0 amide bonds. The number of carbonyl (C=O) groups excluding carboxylic acids is 1. The van der Waals surface area contributed by atoms with Gasteiger partial charge in [-0.25, -0.2) is 8.78 Å². The molecular weight excluding hydrogens is 238 g/mol. The van der Waals surface area contributed by atoms with Crippen LogP contribution in [0.5, 0.6) is 0 Å². The number of esters is 1. The Balaban J connectivity index is 2.36. The number of alkyl halides is 2. The smallest absolute Gasteiger partial charge is 0.316 e. The van der Waals surface area contributed by atoms with Crippen LogP contribution in [0.2, 0.25) is 0 Å². The van der Waals surface area contributed by atoms with E-state index >= 15 is 0 Å². The summed E-state index contributed by atoms with van der Waals surface area (Å²) in [6, 6.07) is 6.87. The predicted octanol–water partition coefficient (Wildman–Crippen LogP) is 3.17. The Morgan fingerprint density at radius 3 is 2.28 bits per heavy atom. The van der Waals surface area contributed by atoms with Crippen molar-refractivity contribution in [3.63, 3.8) is 0 Å². The van der Waals surface area contributed by atoms with Gasteiger partial charge < -0.3 is 4.74 Å². The maximum Gasteiger partial charge on any atom is 0.316 e. The Hall–Kier alpha value is -1.71. The summed E-state index contributed by atoms with van der Waals surface area (Å²) < 4.78 is 30.9. The average molecular weight is 252 g/mol. The van der Waals surface area contributed by atoms with Crippen molar-refractivity contribution in [2.24, 2.45) is 0 Å². The molecule has 2 nitrogen and oxygen atoms in total. The quantitative estimate of drug-likeness (QED) is 0.772. The zero-order valence-corrected chi connectivity index (χ0v) is 10.1. The van der Waals surface area contributed by atoms with E-state index in [4.69, 9.17) is 0 Å². The van der Waals surface area contributed by atoms with Crippen molar-refractivity contribution in [3.05, 3.63) is 42.0 Å². The van der Waals surface area contributed by atoms with Crippen molar-refractivity contribution in [3.8, 4) is 0 Å². The minimum absolute atomic E-state index is 0.486. The molecule has 0 radical (unpaired) electrons. The third-order valence-electron chi connectivity index (χ3n) is 3.40. The first-order valence-electron chi connectivity index (χ1n) is 5.63. The standard InChI is InChI=1S/C14H14F2O2/c1-3-10-4-6-11(7-5-10)13(12(17)18-2)8-14(15,16)9-13/h3-7H,1,8-9H2,2H3. The number of hydrogen-bond donors (Lipinski definition) is 0. The van der Waals surface area contributed by atoms with E-state index in [0.717, 1.165) is 5.56 Å². The van der Waals surface area contributed by atoms with E-state index in [-0.39, 0.29) is 0 Å². The van der Waals surface area contributed by atoms with Crippen LogP contribution in [0.1, 0.15) is 24.0 Å². The topological polar surface area (TPSA) is 26.3 Å². The van der Waals surface area contributed by atoms with Crippen molar-refractivity contribution < 1.29 is 18.3 Å². The van der Waals surface area contributed by atoms with Gasteiger partial charge in [0.15, 0.2) is 0 Å². The van der Waals surface area contributed by atoms with E-state index in [1.54, 1.807) is 30.3 Å². The molecular formula is C14H14F2O2. The fourth-order valence-electron chi connectivity index (χ4n) is 2.43. The normalized spacial score (nSPS) is 19.7. The highest BCUT2D eigenvalue weighted by Crippen LogP contribution is 2.54. The van der Waals surface area contributed by atoms with Crippen molar-refractivity contribution in [2.45, 2.75) is 24.2 Å². The van der Waals surface area contributed by atoms with E-state index in [1.807, 2.05) is 0 Å². The second-order valence-corrected chi connectivity index (χ2v) is 4.61. The van der Waals surface area contributed by atoms with Gasteiger partial charge in [0.05, 0.1) is 7.11 Å². The van der Waals surface area contributed by atoms with Gasteiger partial charge in [-0.05, 0) is 11.1 Å². The molecule has 1 aliphatic rings. The first kappa shape index (κ1) is 12.7. The number of ether oxygens (including phenoxy) is 1. The van der Waals surface area contributed by atoms with E-state index in [9.17, 15) is 13.6 Å². The van der Waals surface area contributed by atoms with Crippen LogP contribution in [0.15, 0.2) is 30.8 Å². The molecule has 18 heavy (non-hydrogen) atoms. The Morgan fingerprint density at radius 1 is 1.33 bits per heavy atom. The Kier molecular flexibility index (Phi) is 2.97. The van der Waals surface area contributed by atoms with Gasteiger partial charge in [-0.1, -0.05) is 36.9 Å². The number of benzene rings is 1. The summed E-state index contributed by atoms with van der Waals surface area (Å²) in [5.74, 6) is -3.38. The molecule has 2 rings (SSSR count). The number of methoxy groups -OCH3 is 1. The minimum atomic E-state index is -2.79. The highest BCUT2D eigenvalue weighted by atomic mass is 19.3. The van der Waals surface area contributed by atoms with Gasteiger partial charge in [0.1, 0.15) is 5.41 Å². The van der Waals surface area contributed by atoms with Crippen LogP contribution in [0.25, 0.3) is 6.08 Å². The molecule has 1 aliphatic carbocycles. The second kappa shape index (κ2) is 4.19. The lowest BCUT2D eigenvalue weighted by molar-refractivity contribution is -0.177. The molecule has 0 bridgehead atoms. The molecule has 0 N–H and O–H groups in total. The van der Waals surface area contributed by atoms with Crippen LogP contribution in [0, 0.1) is 0 Å². The largest absolute Gasteiger partial charge is 0.468 e. The monoisotopic (exact) mass is 252 g/mol. The summed E-state index contributed by atoms with van der Waals surface area (Å²) in [5.41, 5.74) is 0.258. The van der Waals surface area contributed by atoms with Gasteiger partial charge >= 0.3 is 5.97 Å². The maximum atomic E-state index is 13.1. The SMILES string of the molecule is C=Cc1ccc(C2(C(=O)OC)CC(F)(F)C2)cc1. The molecule has 4 heteroatoms. The molecule has 0 atom stereocenters. The molecule has 1 fully saturated rings. The Bertz CT molecular complexity index is 469. The number of hydrogen-bond acceptors (Lipinski definition) is 2. The third kappa shape index (κ3) is 1.92. The minimum Gasteiger partial charge on any atom is -0.468 e. The highest BCUT2D eigenvalue weighted by Gasteiger charge is 2.62. The van der Waals surface area contributed by atoms with Gasteiger partial charge in [-0.3, -0.25) is 4.79 Å². The van der Waals surface area contributed by atoms with Gasteiger partial charge in [-0.15, -0.1) is 0 Å². The lowest BCUT2D eigenvalue weighted by atomic mass is 9.62. The first-order valence-corrected chi connectivity index (χ1v) is 5.63. The van der Waals surface area contributed by atoms with E-state index in [1.165, 1.54) is 7.11 Å². The fraction of sp³-hybridized carbons (Fsp3) is 0.357. The van der Waals surface area contributed by atoms with Crippen molar-refractivity contribution in [1.82, 2.24) is 0 Å². The summed E-state index contributed by atoms with van der Waals surface area (Å²) in [7, 11) is 1.22. The van der Waals surface area contributed by atoms with Crippen molar-refractivity contribution in [1.29, 1.82) is 0 Å². The first-order chi connectivity index (χ1) is 8.43. The molecule has 96 valence electrons. The Morgan fingerprint density at radius 2 is 1.89 bits per heavy atom. The predicted molar refractivity (Wildman–Crippen MR) is 64.4 cm³/mol. The number of rotatable bonds is 3. The number of halogens is 2. The molecule has 0 spiro atoms. The van der Waals surface area contributed by atoms with Crippen LogP contribution >= 0.6 is 0 Å². The van der Waals surface area contributed by atoms with Crippen LogP contribution in [0.4, 0.5) is 8.78 Å². The summed E-state index contributed by atoms with van der Waals surface area (Å²) in [4.78, 5) is 11.8. The van der Waals surface area contributed by atoms with Gasteiger partial charge in [-0.2, -0.15) is 0 Å².